The van der Waals surface area contributed by atoms with Gasteiger partial charge in [0.1, 0.15) is 0 Å². The molecule has 2 N–H and O–H groups in total. The van der Waals surface area contributed by atoms with Crippen LogP contribution in [-0.2, 0) is 4.79 Å². The third-order valence-electron chi connectivity index (χ3n) is 3.16. The van der Waals surface area contributed by atoms with E-state index in [1.165, 1.54) is 0 Å². The van der Waals surface area contributed by atoms with Crippen molar-refractivity contribution in [2.24, 2.45) is 0 Å². The molecule has 0 atom stereocenters. The van der Waals surface area contributed by atoms with E-state index in [2.05, 4.69) is 26.8 Å². The first-order chi connectivity index (χ1) is 10.3. The van der Waals surface area contributed by atoms with Gasteiger partial charge >= 0.3 is 6.18 Å². The van der Waals surface area contributed by atoms with Gasteiger partial charge in [0, 0.05) is 21.3 Å². The average molecular weight is 377 g/mol. The summed E-state index contributed by atoms with van der Waals surface area (Å²) in [4.78, 5) is 23.2. The molecular weight excluding hydrogens is 365 g/mol. The summed E-state index contributed by atoms with van der Waals surface area (Å²) in [5, 5.41) is 0. The van der Waals surface area contributed by atoms with Crippen LogP contribution >= 0.6 is 15.9 Å². The Labute approximate surface area is 132 Å². The Bertz CT molecular complexity index is 641. The van der Waals surface area contributed by atoms with Crippen molar-refractivity contribution in [3.63, 3.8) is 0 Å². The van der Waals surface area contributed by atoms with Gasteiger partial charge in [-0.05, 0) is 37.5 Å². The second-order valence-corrected chi connectivity index (χ2v) is 5.64. The topological polar surface area (TPSA) is 58.2 Å². The quantitative estimate of drug-likeness (QED) is 0.793. The van der Waals surface area contributed by atoms with E-state index in [4.69, 9.17) is 0 Å². The van der Waals surface area contributed by atoms with Crippen LogP contribution in [0.4, 0.5) is 13.2 Å². The van der Waals surface area contributed by atoms with E-state index in [-0.39, 0.29) is 24.1 Å². The number of amides is 1. The molecule has 1 amide bonds. The first-order valence-corrected chi connectivity index (χ1v) is 7.24. The van der Waals surface area contributed by atoms with Crippen LogP contribution in [0, 0.1) is 0 Å². The lowest BCUT2D eigenvalue weighted by atomic mass is 10.1. The number of hydrogen-bond donors (Lipinski definition) is 2. The van der Waals surface area contributed by atoms with E-state index in [9.17, 15) is 22.8 Å². The lowest BCUT2D eigenvalue weighted by Gasteiger charge is -2.12. The molecule has 22 heavy (non-hydrogen) atoms. The van der Waals surface area contributed by atoms with E-state index in [1.54, 1.807) is 24.3 Å². The van der Waals surface area contributed by atoms with E-state index in [0.29, 0.717) is 16.5 Å². The Morgan fingerprint density at radius 1 is 1.18 bits per heavy atom. The van der Waals surface area contributed by atoms with Gasteiger partial charge in [-0.1, -0.05) is 22.0 Å². The molecule has 1 aromatic rings. The number of carbonyl (C=O) groups is 2. The van der Waals surface area contributed by atoms with Crippen LogP contribution < -0.4 is 10.9 Å². The van der Waals surface area contributed by atoms with Crippen molar-refractivity contribution >= 4 is 27.6 Å². The molecule has 118 valence electrons. The standard InChI is InChI=1S/C14H12BrF3N2O2/c15-9-4-1-3-8(7-9)13(22)20-19-11-6-2-5-10(11)12(21)14(16,17)18/h1,3-4,7,19H,2,5-6H2,(H,20,22). The normalized spacial score (nSPS) is 14.9. The molecule has 0 aliphatic heterocycles. The predicted octanol–water partition coefficient (Wildman–Crippen LogP) is 3.25. The van der Waals surface area contributed by atoms with Crippen LogP contribution in [-0.4, -0.2) is 17.9 Å². The number of hydrogen-bond acceptors (Lipinski definition) is 3. The van der Waals surface area contributed by atoms with Crippen LogP contribution in [0.15, 0.2) is 40.0 Å². The maximum absolute atomic E-state index is 12.5. The van der Waals surface area contributed by atoms with Gasteiger partial charge in [-0.3, -0.25) is 15.0 Å². The summed E-state index contributed by atoms with van der Waals surface area (Å²) in [5.41, 5.74) is 4.90. The smallest absolute Gasteiger partial charge is 0.302 e. The molecule has 0 saturated heterocycles. The zero-order valence-corrected chi connectivity index (χ0v) is 12.8. The van der Waals surface area contributed by atoms with Gasteiger partial charge in [-0.15, -0.1) is 0 Å². The van der Waals surface area contributed by atoms with Crippen LogP contribution in [0.5, 0.6) is 0 Å². The fourth-order valence-electron chi connectivity index (χ4n) is 2.14. The number of ketones is 1. The van der Waals surface area contributed by atoms with Crippen molar-refractivity contribution in [1.82, 2.24) is 10.9 Å². The lowest BCUT2D eigenvalue weighted by Crippen LogP contribution is -2.38. The van der Waals surface area contributed by atoms with Crippen molar-refractivity contribution in [3.05, 3.63) is 45.6 Å². The van der Waals surface area contributed by atoms with Gasteiger partial charge in [0.2, 0.25) is 0 Å². The van der Waals surface area contributed by atoms with Gasteiger partial charge in [-0.2, -0.15) is 13.2 Å². The van der Waals surface area contributed by atoms with Crippen molar-refractivity contribution < 1.29 is 22.8 Å². The number of alkyl halides is 3. The molecule has 2 rings (SSSR count). The second-order valence-electron chi connectivity index (χ2n) is 4.73. The van der Waals surface area contributed by atoms with Crippen LogP contribution in [0.1, 0.15) is 29.6 Å². The molecule has 0 saturated carbocycles. The SMILES string of the molecule is O=C(NNC1=C(C(=O)C(F)(F)F)CCC1)c1cccc(Br)c1. The molecule has 0 bridgehead atoms. The number of carbonyl (C=O) groups excluding carboxylic acids is 2. The minimum atomic E-state index is -4.90. The minimum Gasteiger partial charge on any atom is -0.302 e. The molecule has 1 aliphatic carbocycles. The average Bonchev–Trinajstić information content (AvgIpc) is 2.91. The van der Waals surface area contributed by atoms with E-state index < -0.39 is 17.9 Å². The molecular formula is C14H12BrF3N2O2. The van der Waals surface area contributed by atoms with Gasteiger partial charge < -0.3 is 5.43 Å². The maximum Gasteiger partial charge on any atom is 0.454 e. The largest absolute Gasteiger partial charge is 0.454 e. The van der Waals surface area contributed by atoms with E-state index in [0.717, 1.165) is 0 Å². The highest BCUT2D eigenvalue weighted by Crippen LogP contribution is 2.30. The molecule has 0 radical (unpaired) electrons. The summed E-state index contributed by atoms with van der Waals surface area (Å²) in [5.74, 6) is -2.36. The Kier molecular flexibility index (Phi) is 4.90. The fourth-order valence-corrected chi connectivity index (χ4v) is 2.54. The number of benzene rings is 1. The van der Waals surface area contributed by atoms with Gasteiger partial charge in [0.25, 0.3) is 11.7 Å². The maximum atomic E-state index is 12.5. The van der Waals surface area contributed by atoms with Crippen molar-refractivity contribution in [2.45, 2.75) is 25.4 Å². The molecule has 0 unspecified atom stereocenters. The summed E-state index contributed by atoms with van der Waals surface area (Å²) < 4.78 is 38.1. The summed E-state index contributed by atoms with van der Waals surface area (Å²) in [7, 11) is 0. The van der Waals surface area contributed by atoms with E-state index >= 15 is 0 Å². The number of hydrazine groups is 1. The van der Waals surface area contributed by atoms with Crippen molar-refractivity contribution in [2.75, 3.05) is 0 Å². The zero-order valence-electron chi connectivity index (χ0n) is 11.3. The lowest BCUT2D eigenvalue weighted by molar-refractivity contribution is -0.166. The molecule has 0 fully saturated rings. The van der Waals surface area contributed by atoms with E-state index in [1.807, 2.05) is 0 Å². The van der Waals surface area contributed by atoms with Crippen LogP contribution in [0.25, 0.3) is 0 Å². The molecule has 4 nitrogen and oxygen atoms in total. The van der Waals surface area contributed by atoms with Crippen molar-refractivity contribution in [3.8, 4) is 0 Å². The fraction of sp³-hybridized carbons (Fsp3) is 0.286. The molecule has 0 aromatic heterocycles. The molecule has 0 heterocycles. The van der Waals surface area contributed by atoms with Gasteiger partial charge in [0.15, 0.2) is 0 Å². The van der Waals surface area contributed by atoms with Gasteiger partial charge in [-0.25, -0.2) is 0 Å². The zero-order chi connectivity index (χ0) is 16.3. The summed E-state index contributed by atoms with van der Waals surface area (Å²) in [6, 6.07) is 6.53. The number of rotatable bonds is 4. The first-order valence-electron chi connectivity index (χ1n) is 6.44. The minimum absolute atomic E-state index is 0.0490. The Morgan fingerprint density at radius 3 is 2.55 bits per heavy atom. The second kappa shape index (κ2) is 6.51. The molecule has 1 aromatic carbocycles. The third kappa shape index (κ3) is 3.88. The number of nitrogens with one attached hydrogen (secondary N) is 2. The summed E-state index contributed by atoms with van der Waals surface area (Å²) in [6.07, 6.45) is -4.13. The van der Waals surface area contributed by atoms with Crippen LogP contribution in [0.3, 0.4) is 0 Å². The molecule has 1 aliphatic rings. The molecule has 0 spiro atoms. The molecule has 8 heteroatoms. The Balaban J connectivity index is 2.07. The van der Waals surface area contributed by atoms with Gasteiger partial charge in [0.05, 0.1) is 0 Å². The third-order valence-corrected chi connectivity index (χ3v) is 3.66. The van der Waals surface area contributed by atoms with Crippen LogP contribution in [0.2, 0.25) is 0 Å². The Morgan fingerprint density at radius 2 is 1.91 bits per heavy atom. The monoisotopic (exact) mass is 376 g/mol. The number of halogens is 4. The highest BCUT2D eigenvalue weighted by Gasteiger charge is 2.42. The predicted molar refractivity (Wildman–Crippen MR) is 76.7 cm³/mol. The first kappa shape index (κ1) is 16.5. The summed E-state index contributed by atoms with van der Waals surface area (Å²) in [6.45, 7) is 0. The number of allylic oxidation sites excluding steroid dienone is 2. The number of Topliss-reactive ketones (excluding diaryl/α,β-unsaturated/α-hetero) is 1. The summed E-state index contributed by atoms with van der Waals surface area (Å²) >= 11 is 3.22. The Hall–Kier alpha value is -1.83. The highest BCUT2D eigenvalue weighted by molar-refractivity contribution is 9.10. The van der Waals surface area contributed by atoms with Crippen molar-refractivity contribution in [1.29, 1.82) is 0 Å². The highest BCUT2D eigenvalue weighted by atomic mass is 79.9.